The van der Waals surface area contributed by atoms with Crippen LogP contribution in [0.1, 0.15) is 36.7 Å². The molecule has 4 rings (SSSR count). The van der Waals surface area contributed by atoms with Gasteiger partial charge >= 0.3 is 18.1 Å². The van der Waals surface area contributed by atoms with Crippen LogP contribution in [0.25, 0.3) is 5.65 Å². The van der Waals surface area contributed by atoms with Gasteiger partial charge in [0, 0.05) is 17.7 Å². The fraction of sp³-hybridized carbons (Fsp3) is 0.222. The van der Waals surface area contributed by atoms with Gasteiger partial charge in [0.25, 0.3) is 5.91 Å². The molecular formula is C27H25F3N4O7. The van der Waals surface area contributed by atoms with Crippen LogP contribution in [-0.4, -0.2) is 55.4 Å². The van der Waals surface area contributed by atoms with Crippen molar-refractivity contribution in [1.82, 2.24) is 14.6 Å². The van der Waals surface area contributed by atoms with Crippen molar-refractivity contribution < 1.29 is 47.2 Å². The molecule has 0 unspecified atom stereocenters. The van der Waals surface area contributed by atoms with Crippen molar-refractivity contribution in [3.8, 4) is 17.4 Å². The number of hydrogen-bond donors (Lipinski definition) is 3. The largest absolute Gasteiger partial charge is 0.490 e. The average Bonchev–Trinajstić information content (AvgIpc) is 3.28. The number of carbonyl (C=O) groups excluding carboxylic acids is 1. The molecule has 0 fully saturated rings. The molecule has 0 bridgehead atoms. The Morgan fingerprint density at radius 1 is 0.951 bits per heavy atom. The first-order chi connectivity index (χ1) is 19.1. The molecule has 14 heteroatoms. The molecule has 0 aliphatic heterocycles. The molecule has 0 aliphatic carbocycles. The van der Waals surface area contributed by atoms with Crippen LogP contribution in [0.2, 0.25) is 0 Å². The molecule has 4 aromatic rings. The van der Waals surface area contributed by atoms with Gasteiger partial charge in [-0.05, 0) is 41.3 Å². The third-order valence-corrected chi connectivity index (χ3v) is 5.18. The number of imidazole rings is 1. The summed E-state index contributed by atoms with van der Waals surface area (Å²) in [5.41, 5.74) is 2.22. The van der Waals surface area contributed by atoms with E-state index >= 15 is 0 Å². The second-order valence-electron chi connectivity index (χ2n) is 9.44. The number of hydrogen-bond acceptors (Lipinski definition) is 7. The number of amides is 1. The van der Waals surface area contributed by atoms with Crippen molar-refractivity contribution in [1.29, 1.82) is 0 Å². The smallest absolute Gasteiger partial charge is 0.482 e. The highest BCUT2D eigenvalue weighted by Gasteiger charge is 2.38. The summed E-state index contributed by atoms with van der Waals surface area (Å²) < 4.78 is 44.2. The fourth-order valence-electron chi connectivity index (χ4n) is 3.18. The second-order valence-corrected chi connectivity index (χ2v) is 9.44. The first-order valence-corrected chi connectivity index (χ1v) is 11.8. The van der Waals surface area contributed by atoms with Crippen molar-refractivity contribution in [3.05, 3.63) is 78.0 Å². The number of benzene rings is 2. The Kier molecular flexibility index (Phi) is 9.17. The summed E-state index contributed by atoms with van der Waals surface area (Å²) in [6, 6.07) is 17.4. The van der Waals surface area contributed by atoms with Crippen molar-refractivity contribution in [2.45, 2.75) is 32.4 Å². The van der Waals surface area contributed by atoms with Gasteiger partial charge in [0.1, 0.15) is 11.5 Å². The predicted octanol–water partition coefficient (Wildman–Crippen LogP) is 5.17. The van der Waals surface area contributed by atoms with E-state index in [2.05, 4.69) is 36.2 Å². The summed E-state index contributed by atoms with van der Waals surface area (Å²) in [5.74, 6) is -2.64. The number of aliphatic carboxylic acids is 2. The van der Waals surface area contributed by atoms with Crippen LogP contribution in [0.15, 0.2) is 66.9 Å². The van der Waals surface area contributed by atoms with Crippen molar-refractivity contribution in [2.75, 3.05) is 11.9 Å². The van der Waals surface area contributed by atoms with E-state index in [1.54, 1.807) is 54.7 Å². The number of aromatic nitrogens is 3. The van der Waals surface area contributed by atoms with Crippen molar-refractivity contribution in [2.24, 2.45) is 0 Å². The van der Waals surface area contributed by atoms with Crippen LogP contribution in [0.3, 0.4) is 0 Å². The lowest BCUT2D eigenvalue weighted by molar-refractivity contribution is -0.192. The first-order valence-electron chi connectivity index (χ1n) is 11.8. The summed E-state index contributed by atoms with van der Waals surface area (Å²) >= 11 is 0. The quantitative estimate of drug-likeness (QED) is 0.271. The Morgan fingerprint density at radius 2 is 1.59 bits per heavy atom. The van der Waals surface area contributed by atoms with Gasteiger partial charge in [-0.25, -0.2) is 19.1 Å². The molecule has 0 saturated heterocycles. The van der Waals surface area contributed by atoms with E-state index in [1.807, 2.05) is 12.1 Å². The third kappa shape index (κ3) is 8.95. The minimum absolute atomic E-state index is 0.00879. The average molecular weight is 575 g/mol. The first kappa shape index (κ1) is 30.4. The summed E-state index contributed by atoms with van der Waals surface area (Å²) in [5, 5.41) is 23.0. The lowest BCUT2D eigenvalue weighted by Gasteiger charge is -2.18. The summed E-state index contributed by atoms with van der Waals surface area (Å²) in [7, 11) is 0. The molecule has 41 heavy (non-hydrogen) atoms. The maximum atomic E-state index is 12.6. The molecule has 0 radical (unpaired) electrons. The minimum atomic E-state index is -5.08. The zero-order valence-electron chi connectivity index (χ0n) is 22.0. The van der Waals surface area contributed by atoms with Gasteiger partial charge in [0.05, 0.1) is 6.20 Å². The number of carboxylic acids is 2. The molecule has 2 aromatic heterocycles. The summed E-state index contributed by atoms with van der Waals surface area (Å²) in [4.78, 5) is 36.6. The molecule has 1 amide bonds. The van der Waals surface area contributed by atoms with Gasteiger partial charge in [0.15, 0.2) is 18.1 Å². The molecule has 3 N–H and O–H groups in total. The van der Waals surface area contributed by atoms with Gasteiger partial charge in [-0.15, -0.1) is 5.10 Å². The topological polar surface area (TPSA) is 152 Å². The SMILES string of the molecule is CC(C)(C)c1ccc(C(=O)Nc2cn3nc(Oc4cccc(OCC(=O)O)c4)ccc3n2)cc1.O=C(O)C(F)(F)F. The molecule has 0 aliphatic rings. The van der Waals surface area contributed by atoms with Gasteiger partial charge in [0.2, 0.25) is 5.88 Å². The Balaban J connectivity index is 0.000000587. The van der Waals surface area contributed by atoms with Crippen LogP contribution in [0, 0.1) is 0 Å². The van der Waals surface area contributed by atoms with E-state index < -0.39 is 24.7 Å². The number of nitrogens with zero attached hydrogens (tertiary/aromatic N) is 3. The van der Waals surface area contributed by atoms with E-state index in [0.717, 1.165) is 5.56 Å². The zero-order valence-corrected chi connectivity index (χ0v) is 22.0. The van der Waals surface area contributed by atoms with E-state index in [0.29, 0.717) is 28.5 Å². The Labute approximate surface area is 231 Å². The number of carbonyl (C=O) groups is 3. The van der Waals surface area contributed by atoms with Crippen LogP contribution < -0.4 is 14.8 Å². The number of alkyl halides is 3. The van der Waals surface area contributed by atoms with Crippen LogP contribution in [-0.2, 0) is 15.0 Å². The standard InChI is InChI=1S/C25H24N4O5.C2HF3O2/c1-25(2,3)17-9-7-16(8-10-17)24(32)27-20-14-29-21(26-20)11-12-22(28-29)34-19-6-4-5-18(13-19)33-15-23(30)31;3-2(4,5)1(6)7/h4-14H,15H2,1-3H3,(H,27,32)(H,30,31);(H,6,7). The third-order valence-electron chi connectivity index (χ3n) is 5.18. The van der Waals surface area contributed by atoms with Crippen LogP contribution >= 0.6 is 0 Å². The molecule has 0 spiro atoms. The molecule has 2 heterocycles. The number of ether oxygens (including phenoxy) is 2. The Bertz CT molecular complexity index is 1550. The number of halogens is 3. The van der Waals surface area contributed by atoms with Crippen LogP contribution in [0.5, 0.6) is 17.4 Å². The number of anilines is 1. The highest BCUT2D eigenvalue weighted by Crippen LogP contribution is 2.25. The van der Waals surface area contributed by atoms with Gasteiger partial charge in [-0.1, -0.05) is 39.0 Å². The van der Waals surface area contributed by atoms with Crippen LogP contribution in [0.4, 0.5) is 19.0 Å². The molecule has 2 aromatic carbocycles. The van der Waals surface area contributed by atoms with E-state index in [-0.39, 0.29) is 17.2 Å². The minimum Gasteiger partial charge on any atom is -0.482 e. The highest BCUT2D eigenvalue weighted by atomic mass is 19.4. The van der Waals surface area contributed by atoms with Gasteiger partial charge in [-0.2, -0.15) is 13.2 Å². The number of fused-ring (bicyclic) bond motifs is 1. The van der Waals surface area contributed by atoms with E-state index in [1.165, 1.54) is 4.52 Å². The monoisotopic (exact) mass is 574 g/mol. The Hall–Kier alpha value is -5.14. The van der Waals surface area contributed by atoms with Gasteiger partial charge in [-0.3, -0.25) is 4.79 Å². The fourth-order valence-corrected chi connectivity index (χ4v) is 3.18. The molecule has 11 nitrogen and oxygen atoms in total. The van der Waals surface area contributed by atoms with Gasteiger partial charge < -0.3 is 25.0 Å². The molecule has 0 atom stereocenters. The Morgan fingerprint density at radius 3 is 2.17 bits per heavy atom. The van der Waals surface area contributed by atoms with Crippen molar-refractivity contribution >= 4 is 29.3 Å². The number of rotatable bonds is 7. The lowest BCUT2D eigenvalue weighted by Crippen LogP contribution is -2.21. The normalized spacial score (nSPS) is 11.3. The molecule has 0 saturated carbocycles. The van der Waals surface area contributed by atoms with E-state index in [9.17, 15) is 22.8 Å². The maximum absolute atomic E-state index is 12.6. The highest BCUT2D eigenvalue weighted by molar-refractivity contribution is 6.03. The molecule has 216 valence electrons. The number of nitrogens with one attached hydrogen (secondary N) is 1. The van der Waals surface area contributed by atoms with E-state index in [4.69, 9.17) is 24.5 Å². The summed E-state index contributed by atoms with van der Waals surface area (Å²) in [6.07, 6.45) is -3.49. The predicted molar refractivity (Wildman–Crippen MR) is 139 cm³/mol. The maximum Gasteiger partial charge on any atom is 0.490 e. The van der Waals surface area contributed by atoms with Crippen molar-refractivity contribution in [3.63, 3.8) is 0 Å². The summed E-state index contributed by atoms with van der Waals surface area (Å²) in [6.45, 7) is 5.91. The number of carboxylic acid groups (broad SMARTS) is 2. The lowest BCUT2D eigenvalue weighted by atomic mass is 9.87. The second kappa shape index (κ2) is 12.4. The molecular weight excluding hydrogens is 549 g/mol. The zero-order chi connectivity index (χ0) is 30.4.